The molecular formula is C14H20BrN3O3. The van der Waals surface area contributed by atoms with Crippen molar-refractivity contribution >= 4 is 27.9 Å². The van der Waals surface area contributed by atoms with E-state index in [0.717, 1.165) is 23.0 Å². The molecule has 1 aromatic rings. The van der Waals surface area contributed by atoms with E-state index in [-0.39, 0.29) is 12.6 Å². The summed E-state index contributed by atoms with van der Waals surface area (Å²) in [4.78, 5) is 22.0. The molecule has 0 spiro atoms. The van der Waals surface area contributed by atoms with Gasteiger partial charge < -0.3 is 15.8 Å². The smallest absolute Gasteiger partial charge is 0.318 e. The lowest BCUT2D eigenvalue weighted by Crippen LogP contribution is -2.38. The Morgan fingerprint density at radius 3 is 2.76 bits per heavy atom. The fraction of sp³-hybridized carbons (Fsp3) is 0.429. The largest absolute Gasteiger partial charge is 0.483 e. The summed E-state index contributed by atoms with van der Waals surface area (Å²) < 4.78 is 6.34. The van der Waals surface area contributed by atoms with Crippen molar-refractivity contribution in [3.05, 3.63) is 28.2 Å². The van der Waals surface area contributed by atoms with Crippen LogP contribution in [0.2, 0.25) is 0 Å². The lowest BCUT2D eigenvalue weighted by Gasteiger charge is -2.18. The number of ether oxygens (including phenoxy) is 1. The highest BCUT2D eigenvalue weighted by Crippen LogP contribution is 2.28. The van der Waals surface area contributed by atoms with Gasteiger partial charge in [-0.1, -0.05) is 28.9 Å². The number of amides is 3. The van der Waals surface area contributed by atoms with Crippen molar-refractivity contribution in [3.8, 4) is 5.75 Å². The van der Waals surface area contributed by atoms with Crippen molar-refractivity contribution in [1.82, 2.24) is 10.6 Å². The van der Waals surface area contributed by atoms with E-state index < -0.39 is 11.9 Å². The third-order valence-electron chi connectivity index (χ3n) is 2.76. The highest BCUT2D eigenvalue weighted by molar-refractivity contribution is 9.10. The highest BCUT2D eigenvalue weighted by Gasteiger charge is 2.13. The van der Waals surface area contributed by atoms with Crippen molar-refractivity contribution in [2.24, 2.45) is 5.73 Å². The van der Waals surface area contributed by atoms with Gasteiger partial charge in [0.1, 0.15) is 5.75 Å². The van der Waals surface area contributed by atoms with E-state index in [1.54, 1.807) is 6.07 Å². The van der Waals surface area contributed by atoms with E-state index in [2.05, 4.69) is 28.2 Å². The fourth-order valence-electron chi connectivity index (χ4n) is 1.78. The van der Waals surface area contributed by atoms with E-state index in [4.69, 9.17) is 10.5 Å². The summed E-state index contributed by atoms with van der Waals surface area (Å²) in [6.45, 7) is 4.73. The van der Waals surface area contributed by atoms with Gasteiger partial charge in [-0.05, 0) is 32.0 Å². The first-order valence-electron chi connectivity index (χ1n) is 6.69. The number of benzene rings is 1. The Labute approximate surface area is 132 Å². The maximum Gasteiger partial charge on any atom is 0.318 e. The molecule has 1 atom stereocenters. The molecule has 6 nitrogen and oxygen atoms in total. The number of hydrogen-bond acceptors (Lipinski definition) is 4. The van der Waals surface area contributed by atoms with Crippen LogP contribution in [-0.2, 0) is 4.79 Å². The molecule has 0 aliphatic heterocycles. The minimum absolute atomic E-state index is 0.0900. The third kappa shape index (κ3) is 6.14. The second-order valence-electron chi connectivity index (χ2n) is 4.56. The van der Waals surface area contributed by atoms with Crippen molar-refractivity contribution < 1.29 is 14.3 Å². The normalized spacial score (nSPS) is 11.8. The summed E-state index contributed by atoms with van der Waals surface area (Å²) in [5.41, 5.74) is 5.82. The topological polar surface area (TPSA) is 93.4 Å². The molecule has 1 unspecified atom stereocenters. The maximum absolute atomic E-state index is 11.4. The standard InChI is InChI=1S/C14H20BrN3O3/c1-3-6-17-9(2)11-5-4-10(15)7-12(11)21-8-13(19)18-14(16)20/h4-5,7,9,17H,3,6,8H2,1-2H3,(H3,16,18,19,20). The van der Waals surface area contributed by atoms with Crippen LogP contribution >= 0.6 is 15.9 Å². The van der Waals surface area contributed by atoms with Crippen LogP contribution in [0.5, 0.6) is 5.75 Å². The maximum atomic E-state index is 11.4. The third-order valence-corrected chi connectivity index (χ3v) is 3.26. The van der Waals surface area contributed by atoms with E-state index in [0.29, 0.717) is 5.75 Å². The molecule has 1 rings (SSSR count). The van der Waals surface area contributed by atoms with Crippen molar-refractivity contribution in [1.29, 1.82) is 0 Å². The predicted octanol–water partition coefficient (Wildman–Crippen LogP) is 2.08. The Morgan fingerprint density at radius 1 is 1.43 bits per heavy atom. The number of carbonyl (C=O) groups excluding carboxylic acids is 2. The van der Waals surface area contributed by atoms with Crippen LogP contribution in [-0.4, -0.2) is 25.1 Å². The molecular weight excluding hydrogens is 338 g/mol. The number of primary amides is 1. The molecule has 7 heteroatoms. The molecule has 0 aromatic heterocycles. The lowest BCUT2D eigenvalue weighted by molar-refractivity contribution is -0.121. The number of nitrogens with two attached hydrogens (primary N) is 1. The fourth-order valence-corrected chi connectivity index (χ4v) is 2.12. The zero-order valence-corrected chi connectivity index (χ0v) is 13.7. The van der Waals surface area contributed by atoms with Crippen LogP contribution in [0.3, 0.4) is 0 Å². The summed E-state index contributed by atoms with van der Waals surface area (Å²) in [7, 11) is 0. The first-order valence-corrected chi connectivity index (χ1v) is 7.48. The first kappa shape index (κ1) is 17.5. The van der Waals surface area contributed by atoms with Gasteiger partial charge in [0.25, 0.3) is 5.91 Å². The minimum Gasteiger partial charge on any atom is -0.483 e. The Balaban J connectivity index is 2.77. The minimum atomic E-state index is -0.893. The van der Waals surface area contributed by atoms with Crippen molar-refractivity contribution in [2.75, 3.05) is 13.2 Å². The predicted molar refractivity (Wildman–Crippen MR) is 84.1 cm³/mol. The summed E-state index contributed by atoms with van der Waals surface area (Å²) in [6.07, 6.45) is 1.03. The molecule has 4 N–H and O–H groups in total. The van der Waals surface area contributed by atoms with Crippen LogP contribution in [0.4, 0.5) is 4.79 Å². The summed E-state index contributed by atoms with van der Waals surface area (Å²) in [5, 5.41) is 5.32. The monoisotopic (exact) mass is 357 g/mol. The number of imide groups is 1. The number of rotatable bonds is 7. The van der Waals surface area contributed by atoms with E-state index in [9.17, 15) is 9.59 Å². The molecule has 0 fully saturated rings. The molecule has 3 amide bonds. The highest BCUT2D eigenvalue weighted by atomic mass is 79.9. The SMILES string of the molecule is CCCNC(C)c1ccc(Br)cc1OCC(=O)NC(N)=O. The Bertz CT molecular complexity index is 508. The van der Waals surface area contributed by atoms with E-state index >= 15 is 0 Å². The van der Waals surface area contributed by atoms with Gasteiger partial charge in [-0.2, -0.15) is 0 Å². The summed E-state index contributed by atoms with van der Waals surface area (Å²) in [5.74, 6) is 0.00249. The Hall–Kier alpha value is -1.60. The number of carbonyl (C=O) groups is 2. The van der Waals surface area contributed by atoms with Crippen molar-refractivity contribution in [3.63, 3.8) is 0 Å². The van der Waals surface area contributed by atoms with Crippen LogP contribution < -0.4 is 21.1 Å². The van der Waals surface area contributed by atoms with Crippen LogP contribution in [0, 0.1) is 0 Å². The second kappa shape index (κ2) is 8.63. The summed E-state index contributed by atoms with van der Waals surface area (Å²) in [6, 6.07) is 4.83. The Kier molecular flexibility index (Phi) is 7.18. The first-order chi connectivity index (χ1) is 9.93. The molecule has 0 heterocycles. The number of halogens is 1. The quantitative estimate of drug-likeness (QED) is 0.696. The van der Waals surface area contributed by atoms with Gasteiger partial charge in [0, 0.05) is 16.1 Å². The van der Waals surface area contributed by atoms with Crippen LogP contribution in [0.25, 0.3) is 0 Å². The van der Waals surface area contributed by atoms with Gasteiger partial charge in [-0.25, -0.2) is 4.79 Å². The molecule has 0 saturated carbocycles. The van der Waals surface area contributed by atoms with Crippen LogP contribution in [0.15, 0.2) is 22.7 Å². The Morgan fingerprint density at radius 2 is 2.14 bits per heavy atom. The summed E-state index contributed by atoms with van der Waals surface area (Å²) >= 11 is 3.37. The molecule has 0 saturated heterocycles. The van der Waals surface area contributed by atoms with Gasteiger partial charge in [-0.15, -0.1) is 0 Å². The second-order valence-corrected chi connectivity index (χ2v) is 5.47. The van der Waals surface area contributed by atoms with Gasteiger partial charge in [-0.3, -0.25) is 10.1 Å². The van der Waals surface area contributed by atoms with Gasteiger partial charge in [0.15, 0.2) is 6.61 Å². The molecule has 0 aliphatic rings. The molecule has 21 heavy (non-hydrogen) atoms. The van der Waals surface area contributed by atoms with Gasteiger partial charge in [0.2, 0.25) is 0 Å². The average molecular weight is 358 g/mol. The zero-order chi connectivity index (χ0) is 15.8. The average Bonchev–Trinajstić information content (AvgIpc) is 2.42. The lowest BCUT2D eigenvalue weighted by atomic mass is 10.1. The van der Waals surface area contributed by atoms with Crippen molar-refractivity contribution in [2.45, 2.75) is 26.3 Å². The van der Waals surface area contributed by atoms with Gasteiger partial charge in [0.05, 0.1) is 0 Å². The molecule has 0 radical (unpaired) electrons. The molecule has 1 aromatic carbocycles. The van der Waals surface area contributed by atoms with E-state index in [1.807, 2.05) is 24.4 Å². The molecule has 0 bridgehead atoms. The molecule has 116 valence electrons. The number of hydrogen-bond donors (Lipinski definition) is 3. The van der Waals surface area contributed by atoms with Crippen LogP contribution in [0.1, 0.15) is 31.9 Å². The van der Waals surface area contributed by atoms with Gasteiger partial charge >= 0.3 is 6.03 Å². The molecule has 0 aliphatic carbocycles. The van der Waals surface area contributed by atoms with E-state index in [1.165, 1.54) is 0 Å². The number of urea groups is 1. The zero-order valence-electron chi connectivity index (χ0n) is 12.1. The number of nitrogens with one attached hydrogen (secondary N) is 2.